The fourth-order valence-corrected chi connectivity index (χ4v) is 3.04. The van der Waals surface area contributed by atoms with Crippen molar-refractivity contribution >= 4 is 12.4 Å². The Bertz CT molecular complexity index is 462. The van der Waals surface area contributed by atoms with Crippen molar-refractivity contribution in [2.45, 2.75) is 43.4 Å². The summed E-state index contributed by atoms with van der Waals surface area (Å²) in [6.07, 6.45) is -1.76. The van der Waals surface area contributed by atoms with Crippen molar-refractivity contribution in [3.8, 4) is 0 Å². The second-order valence-electron chi connectivity index (χ2n) is 5.83. The maximum atomic E-state index is 12.8. The molecule has 3 unspecified atom stereocenters. The van der Waals surface area contributed by atoms with Crippen LogP contribution in [0.2, 0.25) is 0 Å². The van der Waals surface area contributed by atoms with Crippen LogP contribution in [-0.2, 0) is 6.18 Å². The Morgan fingerprint density at radius 2 is 1.86 bits per heavy atom. The molecule has 1 saturated carbocycles. The maximum Gasteiger partial charge on any atom is 0.416 e. The number of rotatable bonds is 2. The minimum atomic E-state index is -4.28. The van der Waals surface area contributed by atoms with Gasteiger partial charge in [-0.3, -0.25) is 0 Å². The van der Waals surface area contributed by atoms with Crippen molar-refractivity contribution in [2.75, 3.05) is 14.1 Å². The lowest BCUT2D eigenvalue weighted by atomic mass is 9.78. The third kappa shape index (κ3) is 4.34. The zero-order chi connectivity index (χ0) is 14.9. The van der Waals surface area contributed by atoms with Gasteiger partial charge in [0.1, 0.15) is 0 Å². The van der Waals surface area contributed by atoms with Crippen LogP contribution in [0.5, 0.6) is 0 Å². The van der Waals surface area contributed by atoms with E-state index >= 15 is 0 Å². The van der Waals surface area contributed by atoms with Gasteiger partial charge in [-0.2, -0.15) is 13.2 Å². The Hall–Kier alpha value is -0.780. The first-order valence-corrected chi connectivity index (χ1v) is 6.88. The molecular formula is C15H22ClF3N2. The Labute approximate surface area is 129 Å². The largest absolute Gasteiger partial charge is 0.416 e. The van der Waals surface area contributed by atoms with Crippen LogP contribution >= 0.6 is 12.4 Å². The molecular weight excluding hydrogens is 301 g/mol. The van der Waals surface area contributed by atoms with E-state index in [0.29, 0.717) is 0 Å². The van der Waals surface area contributed by atoms with Gasteiger partial charge in [-0.1, -0.05) is 18.2 Å². The van der Waals surface area contributed by atoms with Gasteiger partial charge in [-0.25, -0.2) is 0 Å². The molecule has 0 spiro atoms. The highest BCUT2D eigenvalue weighted by atomic mass is 35.5. The number of nitrogens with zero attached hydrogens (tertiary/aromatic N) is 1. The van der Waals surface area contributed by atoms with E-state index in [1.165, 1.54) is 12.1 Å². The summed E-state index contributed by atoms with van der Waals surface area (Å²) < 4.78 is 38.3. The number of benzene rings is 1. The molecule has 1 aromatic carbocycles. The summed E-state index contributed by atoms with van der Waals surface area (Å²) in [5, 5.41) is 0. The van der Waals surface area contributed by atoms with Crippen LogP contribution in [0.3, 0.4) is 0 Å². The second-order valence-corrected chi connectivity index (χ2v) is 5.83. The maximum absolute atomic E-state index is 12.8. The molecule has 0 bridgehead atoms. The molecule has 0 heterocycles. The first-order chi connectivity index (χ1) is 9.29. The minimum Gasteiger partial charge on any atom is -0.326 e. The van der Waals surface area contributed by atoms with Crippen LogP contribution in [-0.4, -0.2) is 31.1 Å². The van der Waals surface area contributed by atoms with Crippen LogP contribution < -0.4 is 5.73 Å². The average Bonchev–Trinajstić information content (AvgIpc) is 2.38. The van der Waals surface area contributed by atoms with Crippen LogP contribution in [0, 0.1) is 0 Å². The Morgan fingerprint density at radius 1 is 1.19 bits per heavy atom. The number of halogens is 4. The third-order valence-corrected chi connectivity index (χ3v) is 4.22. The van der Waals surface area contributed by atoms with Gasteiger partial charge in [0, 0.05) is 12.1 Å². The molecule has 0 aromatic heterocycles. The van der Waals surface area contributed by atoms with Crippen LogP contribution in [0.1, 0.15) is 36.3 Å². The van der Waals surface area contributed by atoms with E-state index in [1.54, 1.807) is 6.07 Å². The molecule has 0 aliphatic heterocycles. The van der Waals surface area contributed by atoms with Crippen molar-refractivity contribution < 1.29 is 13.2 Å². The molecule has 120 valence electrons. The van der Waals surface area contributed by atoms with E-state index in [4.69, 9.17) is 5.73 Å². The monoisotopic (exact) mass is 322 g/mol. The zero-order valence-electron chi connectivity index (χ0n) is 12.2. The SMILES string of the molecule is CN(C)C1CC(c2cccc(C(F)(F)F)c2)CCC1N.Cl. The second kappa shape index (κ2) is 6.99. The van der Waals surface area contributed by atoms with Crippen LogP contribution in [0.4, 0.5) is 13.2 Å². The number of hydrogen-bond donors (Lipinski definition) is 1. The molecule has 1 fully saturated rings. The number of nitrogens with two attached hydrogens (primary N) is 1. The number of hydrogen-bond acceptors (Lipinski definition) is 2. The van der Waals surface area contributed by atoms with Crippen molar-refractivity contribution in [2.24, 2.45) is 5.73 Å². The van der Waals surface area contributed by atoms with Gasteiger partial charge < -0.3 is 10.6 Å². The molecule has 2 N–H and O–H groups in total. The molecule has 0 amide bonds. The molecule has 0 radical (unpaired) electrons. The van der Waals surface area contributed by atoms with Crippen molar-refractivity contribution in [3.05, 3.63) is 35.4 Å². The summed E-state index contributed by atoms with van der Waals surface area (Å²) in [5.41, 5.74) is 6.31. The molecule has 3 atom stereocenters. The zero-order valence-corrected chi connectivity index (χ0v) is 13.0. The van der Waals surface area contributed by atoms with E-state index in [1.807, 2.05) is 14.1 Å². The normalized spacial score (nSPS) is 26.5. The topological polar surface area (TPSA) is 29.3 Å². The summed E-state index contributed by atoms with van der Waals surface area (Å²) in [5.74, 6) is 0.157. The summed E-state index contributed by atoms with van der Waals surface area (Å²) >= 11 is 0. The van der Waals surface area contributed by atoms with Gasteiger partial charge in [0.15, 0.2) is 0 Å². The molecule has 1 aliphatic carbocycles. The van der Waals surface area contributed by atoms with E-state index < -0.39 is 11.7 Å². The fraction of sp³-hybridized carbons (Fsp3) is 0.600. The highest BCUT2D eigenvalue weighted by molar-refractivity contribution is 5.85. The summed E-state index contributed by atoms with van der Waals surface area (Å²) in [6, 6.07) is 6.03. The fourth-order valence-electron chi connectivity index (χ4n) is 3.04. The van der Waals surface area contributed by atoms with Crippen molar-refractivity contribution in [1.29, 1.82) is 0 Å². The predicted octanol–water partition coefficient (Wildman–Crippen LogP) is 3.65. The molecule has 1 aromatic rings. The van der Waals surface area contributed by atoms with Gasteiger partial charge >= 0.3 is 6.18 Å². The van der Waals surface area contributed by atoms with Crippen LogP contribution in [0.15, 0.2) is 24.3 Å². The van der Waals surface area contributed by atoms with E-state index in [0.717, 1.165) is 30.9 Å². The number of alkyl halides is 3. The van der Waals surface area contributed by atoms with E-state index in [-0.39, 0.29) is 30.4 Å². The smallest absolute Gasteiger partial charge is 0.326 e. The Kier molecular flexibility index (Phi) is 6.08. The van der Waals surface area contributed by atoms with Gasteiger partial charge in [-0.05, 0) is 50.9 Å². The molecule has 2 rings (SSSR count). The van der Waals surface area contributed by atoms with Gasteiger partial charge in [-0.15, -0.1) is 12.4 Å². The van der Waals surface area contributed by atoms with Crippen LogP contribution in [0.25, 0.3) is 0 Å². The molecule has 1 aliphatic rings. The van der Waals surface area contributed by atoms with Gasteiger partial charge in [0.25, 0.3) is 0 Å². The molecule has 2 nitrogen and oxygen atoms in total. The van der Waals surface area contributed by atoms with Gasteiger partial charge in [0.05, 0.1) is 5.56 Å². The predicted molar refractivity (Wildman–Crippen MR) is 80.7 cm³/mol. The Balaban J connectivity index is 0.00000220. The van der Waals surface area contributed by atoms with Gasteiger partial charge in [0.2, 0.25) is 0 Å². The van der Waals surface area contributed by atoms with E-state index in [2.05, 4.69) is 4.90 Å². The first kappa shape index (κ1) is 18.3. The third-order valence-electron chi connectivity index (χ3n) is 4.22. The van der Waals surface area contributed by atoms with E-state index in [9.17, 15) is 13.2 Å². The lowest BCUT2D eigenvalue weighted by molar-refractivity contribution is -0.137. The standard InChI is InChI=1S/C15H21F3N2.ClH/c1-20(2)14-9-11(6-7-13(14)19)10-4-3-5-12(8-10)15(16,17)18;/h3-5,8,11,13-14H,6-7,9,19H2,1-2H3;1H. The number of likely N-dealkylation sites (N-methyl/N-ethyl adjacent to an activating group) is 1. The lowest BCUT2D eigenvalue weighted by Crippen LogP contribution is -2.47. The molecule has 0 saturated heterocycles. The Morgan fingerprint density at radius 3 is 2.43 bits per heavy atom. The molecule has 6 heteroatoms. The first-order valence-electron chi connectivity index (χ1n) is 6.88. The lowest BCUT2D eigenvalue weighted by Gasteiger charge is -2.38. The summed E-state index contributed by atoms with van der Waals surface area (Å²) in [4.78, 5) is 2.07. The quantitative estimate of drug-likeness (QED) is 0.900. The highest BCUT2D eigenvalue weighted by Gasteiger charge is 2.33. The van der Waals surface area contributed by atoms with Crippen molar-refractivity contribution in [3.63, 3.8) is 0 Å². The molecule has 21 heavy (non-hydrogen) atoms. The average molecular weight is 323 g/mol. The van der Waals surface area contributed by atoms with Crippen molar-refractivity contribution in [1.82, 2.24) is 4.90 Å². The minimum absolute atomic E-state index is 0. The summed E-state index contributed by atoms with van der Waals surface area (Å²) in [7, 11) is 3.94. The highest BCUT2D eigenvalue weighted by Crippen LogP contribution is 2.37. The summed E-state index contributed by atoms with van der Waals surface area (Å²) in [6.45, 7) is 0.